The summed E-state index contributed by atoms with van der Waals surface area (Å²) in [7, 11) is 3.22. The lowest BCUT2D eigenvalue weighted by Crippen LogP contribution is -2.15. The van der Waals surface area contributed by atoms with Gasteiger partial charge in [0.15, 0.2) is 11.5 Å². The van der Waals surface area contributed by atoms with Crippen molar-refractivity contribution >= 4 is 22.4 Å². The lowest BCUT2D eigenvalue weighted by atomic mass is 9.90. The van der Waals surface area contributed by atoms with E-state index in [0.717, 1.165) is 16.0 Å². The molecule has 4 rings (SSSR count). The summed E-state index contributed by atoms with van der Waals surface area (Å²) in [6, 6.07) is 7.95. The van der Waals surface area contributed by atoms with Crippen LogP contribution in [0.15, 0.2) is 24.5 Å². The highest BCUT2D eigenvalue weighted by atomic mass is 32.1. The molecule has 0 N–H and O–H groups in total. The molecular weight excluding hydrogens is 374 g/mol. The van der Waals surface area contributed by atoms with E-state index < -0.39 is 0 Å². The molecule has 0 amide bonds. The Bertz CT molecular complexity index is 1010. The van der Waals surface area contributed by atoms with Gasteiger partial charge >= 0.3 is 0 Å². The first-order valence-electron chi connectivity index (χ1n) is 9.49. The van der Waals surface area contributed by atoms with E-state index in [-0.39, 0.29) is 0 Å². The van der Waals surface area contributed by atoms with E-state index in [2.05, 4.69) is 11.1 Å². The van der Waals surface area contributed by atoms with Crippen molar-refractivity contribution in [1.82, 2.24) is 9.55 Å². The fraction of sp³-hybridized carbons (Fsp3) is 0.429. The van der Waals surface area contributed by atoms with Crippen LogP contribution in [0.2, 0.25) is 0 Å². The Morgan fingerprint density at radius 2 is 1.86 bits per heavy atom. The second kappa shape index (κ2) is 8.11. The molecule has 1 aliphatic rings. The smallest absolute Gasteiger partial charge is 0.163 e. The number of hydrogen-bond donors (Lipinski definition) is 0. The predicted octanol–water partition coefficient (Wildman–Crippen LogP) is 4.93. The lowest BCUT2D eigenvalue weighted by molar-refractivity contribution is 0.209. The van der Waals surface area contributed by atoms with Crippen molar-refractivity contribution < 1.29 is 14.2 Å². The van der Waals surface area contributed by atoms with Crippen LogP contribution < -0.4 is 14.2 Å². The third kappa shape index (κ3) is 3.52. The molecule has 28 heavy (non-hydrogen) atoms. The molecule has 2 heterocycles. The van der Waals surface area contributed by atoms with Crippen LogP contribution in [0.25, 0.3) is 16.0 Å². The molecule has 3 aromatic rings. The van der Waals surface area contributed by atoms with E-state index in [1.165, 1.54) is 43.4 Å². The summed E-state index contributed by atoms with van der Waals surface area (Å²) in [6.45, 7) is 0.681. The lowest BCUT2D eigenvalue weighted by Gasteiger charge is -2.21. The van der Waals surface area contributed by atoms with Crippen LogP contribution in [0, 0.1) is 17.2 Å². The van der Waals surface area contributed by atoms with Crippen LogP contribution in [0.4, 0.5) is 0 Å². The van der Waals surface area contributed by atoms with Crippen molar-refractivity contribution in [3.63, 3.8) is 0 Å². The van der Waals surface area contributed by atoms with E-state index in [4.69, 9.17) is 14.2 Å². The van der Waals surface area contributed by atoms with Crippen LogP contribution in [0.3, 0.4) is 0 Å². The fourth-order valence-corrected chi connectivity index (χ4v) is 4.62. The maximum absolute atomic E-state index is 9.55. The number of imidazole rings is 1. The van der Waals surface area contributed by atoms with Gasteiger partial charge in [0.1, 0.15) is 28.0 Å². The number of thiophene rings is 1. The molecule has 0 radical (unpaired) electrons. The average Bonchev–Trinajstić information content (AvgIpc) is 3.34. The predicted molar refractivity (Wildman–Crippen MR) is 109 cm³/mol. The first-order chi connectivity index (χ1) is 13.7. The van der Waals surface area contributed by atoms with Gasteiger partial charge in [0.25, 0.3) is 0 Å². The van der Waals surface area contributed by atoms with Gasteiger partial charge in [-0.25, -0.2) is 4.98 Å². The van der Waals surface area contributed by atoms with Crippen molar-refractivity contribution in [3.8, 4) is 28.3 Å². The number of nitrogens with zero attached hydrogens (tertiary/aromatic N) is 3. The van der Waals surface area contributed by atoms with E-state index in [9.17, 15) is 5.26 Å². The van der Waals surface area contributed by atoms with Gasteiger partial charge in [-0.05, 0) is 18.8 Å². The van der Waals surface area contributed by atoms with Crippen LogP contribution in [-0.2, 0) is 0 Å². The highest BCUT2D eigenvalue weighted by Gasteiger charge is 2.18. The van der Waals surface area contributed by atoms with E-state index >= 15 is 0 Å². The Morgan fingerprint density at radius 3 is 2.57 bits per heavy atom. The number of rotatable bonds is 6. The highest BCUT2D eigenvalue weighted by molar-refractivity contribution is 7.15. The van der Waals surface area contributed by atoms with Gasteiger partial charge in [0, 0.05) is 18.2 Å². The van der Waals surface area contributed by atoms with E-state index in [0.29, 0.717) is 34.7 Å². The first-order valence-corrected chi connectivity index (χ1v) is 10.3. The molecule has 0 atom stereocenters. The SMILES string of the molecule is COc1cc2ncn(-c3cc(OCC4CCCCC4)c(C#N)s3)c2cc1OC. The molecule has 0 aliphatic heterocycles. The summed E-state index contributed by atoms with van der Waals surface area (Å²) in [5.74, 6) is 2.54. The van der Waals surface area contributed by atoms with Crippen LogP contribution >= 0.6 is 11.3 Å². The molecule has 2 aromatic heterocycles. The van der Waals surface area contributed by atoms with Gasteiger partial charge in [-0.3, -0.25) is 4.57 Å². The number of fused-ring (bicyclic) bond motifs is 1. The Hall–Kier alpha value is -2.72. The molecule has 0 saturated heterocycles. The van der Waals surface area contributed by atoms with Crippen molar-refractivity contribution in [2.75, 3.05) is 20.8 Å². The standard InChI is InChI=1S/C21H23N3O3S/c1-25-17-8-15-16(9-18(17)26-2)24(13-23-15)21-10-19(20(11-22)28-21)27-12-14-6-4-3-5-7-14/h8-10,13-14H,3-7,12H2,1-2H3. The summed E-state index contributed by atoms with van der Waals surface area (Å²) in [5, 5.41) is 10.4. The zero-order chi connectivity index (χ0) is 19.5. The van der Waals surface area contributed by atoms with Gasteiger partial charge < -0.3 is 14.2 Å². The summed E-state index contributed by atoms with van der Waals surface area (Å²) in [4.78, 5) is 5.06. The van der Waals surface area contributed by atoms with Crippen molar-refractivity contribution in [2.45, 2.75) is 32.1 Å². The third-order valence-corrected chi connectivity index (χ3v) is 6.30. The minimum Gasteiger partial charge on any atom is -0.493 e. The zero-order valence-corrected chi connectivity index (χ0v) is 16.9. The molecule has 1 fully saturated rings. The van der Waals surface area contributed by atoms with E-state index in [1.807, 2.05) is 22.8 Å². The fourth-order valence-electron chi connectivity index (χ4n) is 3.74. The van der Waals surface area contributed by atoms with Gasteiger partial charge in [0.2, 0.25) is 0 Å². The number of benzene rings is 1. The van der Waals surface area contributed by atoms with Gasteiger partial charge in [-0.2, -0.15) is 5.26 Å². The van der Waals surface area contributed by atoms with Crippen molar-refractivity contribution in [1.29, 1.82) is 5.26 Å². The second-order valence-corrected chi connectivity index (χ2v) is 8.05. The highest BCUT2D eigenvalue weighted by Crippen LogP contribution is 2.37. The topological polar surface area (TPSA) is 69.3 Å². The summed E-state index contributed by atoms with van der Waals surface area (Å²) >= 11 is 1.41. The van der Waals surface area contributed by atoms with Gasteiger partial charge in [0.05, 0.1) is 31.9 Å². The van der Waals surface area contributed by atoms with E-state index in [1.54, 1.807) is 20.5 Å². The van der Waals surface area contributed by atoms with Crippen LogP contribution in [0.1, 0.15) is 37.0 Å². The maximum Gasteiger partial charge on any atom is 0.163 e. The normalized spacial score (nSPS) is 14.8. The average molecular weight is 398 g/mol. The van der Waals surface area contributed by atoms with Crippen LogP contribution in [0.5, 0.6) is 17.2 Å². The van der Waals surface area contributed by atoms with Crippen LogP contribution in [-0.4, -0.2) is 30.4 Å². The number of nitriles is 1. The zero-order valence-electron chi connectivity index (χ0n) is 16.1. The van der Waals surface area contributed by atoms with Crippen molar-refractivity contribution in [3.05, 3.63) is 29.4 Å². The number of methoxy groups -OCH3 is 2. The van der Waals surface area contributed by atoms with Gasteiger partial charge in [-0.1, -0.05) is 19.3 Å². The summed E-state index contributed by atoms with van der Waals surface area (Å²) in [6.07, 6.45) is 8.06. The molecule has 6 nitrogen and oxygen atoms in total. The molecule has 146 valence electrons. The minimum absolute atomic E-state index is 0.591. The number of aromatic nitrogens is 2. The number of hydrogen-bond acceptors (Lipinski definition) is 6. The monoisotopic (exact) mass is 397 g/mol. The number of ether oxygens (including phenoxy) is 3. The first kappa shape index (κ1) is 18.6. The Balaban J connectivity index is 1.64. The van der Waals surface area contributed by atoms with Crippen molar-refractivity contribution in [2.24, 2.45) is 5.92 Å². The second-order valence-electron chi connectivity index (χ2n) is 7.02. The summed E-state index contributed by atoms with van der Waals surface area (Å²) < 4.78 is 18.8. The molecule has 1 aromatic carbocycles. The quantitative estimate of drug-likeness (QED) is 0.589. The van der Waals surface area contributed by atoms with Gasteiger partial charge in [-0.15, -0.1) is 11.3 Å². The Labute approximate surface area is 168 Å². The molecule has 0 bridgehead atoms. The largest absolute Gasteiger partial charge is 0.493 e. The molecule has 7 heteroatoms. The Morgan fingerprint density at radius 1 is 1.11 bits per heavy atom. The molecule has 1 aliphatic carbocycles. The molecule has 0 unspecified atom stereocenters. The Kier molecular flexibility index (Phi) is 5.40. The molecule has 1 saturated carbocycles. The molecule has 0 spiro atoms. The summed E-state index contributed by atoms with van der Waals surface area (Å²) in [5.41, 5.74) is 1.69. The minimum atomic E-state index is 0.591. The third-order valence-electron chi connectivity index (χ3n) is 5.28. The maximum atomic E-state index is 9.55. The molecular formula is C21H23N3O3S.